The number of carbonyl (C=O) groups is 1. The first-order chi connectivity index (χ1) is 22.4. The van der Waals surface area contributed by atoms with Crippen molar-refractivity contribution in [1.82, 2.24) is 30.0 Å². The number of halogens is 3. The molecule has 1 N–H and O–H groups in total. The van der Waals surface area contributed by atoms with Crippen molar-refractivity contribution in [2.45, 2.75) is 75.1 Å². The smallest absolute Gasteiger partial charge is 0.319 e. The molecule has 240 valence electrons. The fourth-order valence-corrected chi connectivity index (χ4v) is 8.88. The van der Waals surface area contributed by atoms with Gasteiger partial charge in [0.25, 0.3) is 0 Å². The topological polar surface area (TPSA) is 109 Å². The first-order valence-corrected chi connectivity index (χ1v) is 16.7. The highest BCUT2D eigenvalue weighted by molar-refractivity contribution is 6.33. The van der Waals surface area contributed by atoms with Gasteiger partial charge >= 0.3 is 12.0 Å². The van der Waals surface area contributed by atoms with Crippen molar-refractivity contribution in [2.75, 3.05) is 37.7 Å². The van der Waals surface area contributed by atoms with E-state index in [2.05, 4.69) is 20.1 Å². The molecule has 5 atom stereocenters. The molecule has 0 amide bonds. The van der Waals surface area contributed by atoms with Gasteiger partial charge in [0.05, 0.1) is 29.2 Å². The van der Waals surface area contributed by atoms with E-state index in [1.165, 1.54) is 0 Å². The van der Waals surface area contributed by atoms with Gasteiger partial charge in [-0.3, -0.25) is 19.8 Å². The number of hydrogen-bond donors (Lipinski definition) is 1. The summed E-state index contributed by atoms with van der Waals surface area (Å²) in [6.07, 6.45) is 7.61. The van der Waals surface area contributed by atoms with Crippen LogP contribution >= 0.6 is 11.6 Å². The monoisotopic (exact) mass is 649 g/mol. The molecule has 5 aliphatic heterocycles. The summed E-state index contributed by atoms with van der Waals surface area (Å²) in [5.74, 6) is -0.0635. The highest BCUT2D eigenvalue weighted by atomic mass is 35.5. The van der Waals surface area contributed by atoms with E-state index in [1.54, 1.807) is 12.4 Å². The number of rotatable bonds is 3. The van der Waals surface area contributed by atoms with Gasteiger partial charge < -0.3 is 14.4 Å². The van der Waals surface area contributed by atoms with E-state index in [9.17, 15) is 9.18 Å². The molecular formula is C33H34ClF2N7O3. The zero-order chi connectivity index (χ0) is 31.2. The van der Waals surface area contributed by atoms with Gasteiger partial charge in [0.1, 0.15) is 35.9 Å². The van der Waals surface area contributed by atoms with Crippen LogP contribution in [0.2, 0.25) is 5.02 Å². The van der Waals surface area contributed by atoms with Gasteiger partial charge in [-0.15, -0.1) is 0 Å². The number of anilines is 1. The summed E-state index contributed by atoms with van der Waals surface area (Å²) in [6, 6.07) is 1.85. The number of aromatic amines is 1. The number of H-pyrrole nitrogens is 1. The summed E-state index contributed by atoms with van der Waals surface area (Å²) in [7, 11) is 0. The van der Waals surface area contributed by atoms with Crippen molar-refractivity contribution in [3.63, 3.8) is 0 Å². The summed E-state index contributed by atoms with van der Waals surface area (Å²) in [4.78, 5) is 31.3. The number of pyridine rings is 1. The minimum atomic E-state index is -0.902. The minimum Gasteiger partial charge on any atom is -0.461 e. The zero-order valence-corrected chi connectivity index (χ0v) is 26.0. The van der Waals surface area contributed by atoms with Crippen molar-refractivity contribution in [3.05, 3.63) is 34.9 Å². The summed E-state index contributed by atoms with van der Waals surface area (Å²) < 4.78 is 43.8. The molecule has 0 unspecified atom stereocenters. The number of hydrogen-bond acceptors (Lipinski definition) is 9. The van der Waals surface area contributed by atoms with Crippen LogP contribution in [-0.4, -0.2) is 86.6 Å². The van der Waals surface area contributed by atoms with Crippen molar-refractivity contribution < 1.29 is 23.0 Å². The van der Waals surface area contributed by atoms with Crippen LogP contribution in [0.4, 0.5) is 14.6 Å². The Labute approximate surface area is 268 Å². The third kappa shape index (κ3) is 4.62. The van der Waals surface area contributed by atoms with E-state index >= 15 is 4.39 Å². The lowest BCUT2D eigenvalue weighted by molar-refractivity contribution is -0.149. The Morgan fingerprint density at radius 3 is 2.98 bits per heavy atom. The highest BCUT2D eigenvalue weighted by Gasteiger charge is 2.49. The van der Waals surface area contributed by atoms with Gasteiger partial charge in [-0.2, -0.15) is 15.1 Å². The van der Waals surface area contributed by atoms with Crippen molar-refractivity contribution in [1.29, 1.82) is 0 Å². The van der Waals surface area contributed by atoms with Gasteiger partial charge in [0.2, 0.25) is 0 Å². The largest absolute Gasteiger partial charge is 0.461 e. The maximum Gasteiger partial charge on any atom is 0.319 e. The van der Waals surface area contributed by atoms with Gasteiger partial charge in [-0.1, -0.05) is 11.6 Å². The van der Waals surface area contributed by atoms with Crippen LogP contribution in [0.1, 0.15) is 62.8 Å². The molecule has 6 aliphatic rings. The number of nitrogens with one attached hydrogen (secondary N) is 1. The molecule has 1 saturated carbocycles. The normalized spacial score (nSPS) is 29.3. The van der Waals surface area contributed by atoms with Crippen LogP contribution in [0.25, 0.3) is 33.1 Å². The fraction of sp³-hybridized carbons (Fsp3) is 0.545. The number of fused-ring (bicyclic) bond motifs is 6. The van der Waals surface area contributed by atoms with E-state index < -0.39 is 17.5 Å². The minimum absolute atomic E-state index is 0.0318. The van der Waals surface area contributed by atoms with Crippen molar-refractivity contribution >= 4 is 45.2 Å². The third-order valence-corrected chi connectivity index (χ3v) is 11.1. The van der Waals surface area contributed by atoms with Crippen molar-refractivity contribution in [3.8, 4) is 17.3 Å². The molecule has 4 aromatic rings. The molecule has 10 nitrogen and oxygen atoms in total. The first-order valence-electron chi connectivity index (χ1n) is 16.4. The molecule has 1 aliphatic carbocycles. The van der Waals surface area contributed by atoms with Gasteiger partial charge in [0.15, 0.2) is 5.82 Å². The second-order valence-electron chi connectivity index (χ2n) is 13.7. The molecule has 0 radical (unpaired) electrons. The van der Waals surface area contributed by atoms with E-state index in [-0.39, 0.29) is 47.7 Å². The van der Waals surface area contributed by atoms with Gasteiger partial charge in [0, 0.05) is 48.1 Å². The lowest BCUT2D eigenvalue weighted by Gasteiger charge is -2.34. The molecule has 10 rings (SSSR count). The maximum absolute atomic E-state index is 17.1. The van der Waals surface area contributed by atoms with Crippen LogP contribution in [-0.2, 0) is 9.53 Å². The van der Waals surface area contributed by atoms with Crippen molar-refractivity contribution in [2.24, 2.45) is 5.92 Å². The molecule has 3 saturated heterocycles. The number of carbonyl (C=O) groups excluding carboxylic acids is 1. The molecule has 8 heterocycles. The Kier molecular flexibility index (Phi) is 6.64. The van der Waals surface area contributed by atoms with E-state index in [4.69, 9.17) is 31.0 Å². The number of alkyl halides is 1. The number of aromatic nitrogens is 5. The Bertz CT molecular complexity index is 1890. The molecule has 4 fully saturated rings. The summed E-state index contributed by atoms with van der Waals surface area (Å²) in [5, 5.41) is 8.85. The fourth-order valence-electron chi connectivity index (χ4n) is 8.54. The van der Waals surface area contributed by atoms with E-state index in [0.29, 0.717) is 71.6 Å². The molecule has 1 aromatic carbocycles. The van der Waals surface area contributed by atoms with Gasteiger partial charge in [-0.05, 0) is 68.5 Å². The average molecular weight is 650 g/mol. The van der Waals surface area contributed by atoms with E-state index in [1.807, 2.05) is 11.0 Å². The van der Waals surface area contributed by atoms with Gasteiger partial charge in [-0.25, -0.2) is 8.78 Å². The first kappa shape index (κ1) is 28.6. The Balaban J connectivity index is 1.22. The van der Waals surface area contributed by atoms with Crippen LogP contribution in [0.3, 0.4) is 0 Å². The summed E-state index contributed by atoms with van der Waals surface area (Å²) >= 11 is 6.91. The van der Waals surface area contributed by atoms with Crippen LogP contribution in [0.15, 0.2) is 18.5 Å². The quantitative estimate of drug-likeness (QED) is 0.279. The number of piperidine rings is 1. The third-order valence-electron chi connectivity index (χ3n) is 10.8. The number of nitrogens with zero attached hydrogens (tertiary/aromatic N) is 6. The molecule has 46 heavy (non-hydrogen) atoms. The molecule has 13 heteroatoms. The van der Waals surface area contributed by atoms with E-state index in [0.717, 1.165) is 44.2 Å². The lowest BCUT2D eigenvalue weighted by Crippen LogP contribution is -2.43. The molecule has 0 spiro atoms. The van der Waals surface area contributed by atoms with Crippen LogP contribution in [0.5, 0.6) is 6.01 Å². The van der Waals surface area contributed by atoms with Crippen LogP contribution in [0, 0.1) is 11.7 Å². The standard InChI is InChI=1S/C33H34ClF2N7O3/c34-23-10-24-21(13-38-41-24)27-26(23)20-9-17(20)4-5-25(44)46-19-3-1-7-42(15-19)31-22-12-37-30(27)28(36)29(22)39-32(40-31)45-16-33-6-2-8-43(33)14-18(35)11-33/h10,12-13,17-20H,1-9,11,14-16H2,(H,38,41)/t17-,18+,19+,20+,33-/m0/s1. The van der Waals surface area contributed by atoms with Crippen LogP contribution < -0.4 is 9.64 Å². The SMILES string of the molecule is O=C1CC[C@H]2C[C@H]2c2c(Cl)cc3[nH]ncc3c2-c2ncc3c(nc(OC[C@@]45CCCN4C[C@H](F)C5)nc3c2F)N2CCC[C@H](C2)O1. The lowest BCUT2D eigenvalue weighted by atomic mass is 9.94. The Hall–Kier alpha value is -3.64. The molecule has 6 bridgehead atoms. The average Bonchev–Trinajstić information content (AvgIpc) is 3.29. The second kappa shape index (κ2) is 10.7. The summed E-state index contributed by atoms with van der Waals surface area (Å²) in [5.41, 5.74) is 1.87. The zero-order valence-electron chi connectivity index (χ0n) is 25.3. The molecule has 3 aromatic heterocycles. The highest BCUT2D eigenvalue weighted by Crippen LogP contribution is 2.56. The predicted octanol–water partition coefficient (Wildman–Crippen LogP) is 5.73. The number of ether oxygens (including phenoxy) is 2. The Morgan fingerprint density at radius 1 is 1.15 bits per heavy atom. The number of benzene rings is 1. The summed E-state index contributed by atoms with van der Waals surface area (Å²) in [6.45, 7) is 2.51. The second-order valence-corrected chi connectivity index (χ2v) is 14.1. The predicted molar refractivity (Wildman–Crippen MR) is 167 cm³/mol. The maximum atomic E-state index is 17.1. The Morgan fingerprint density at radius 2 is 2.07 bits per heavy atom. The molecular weight excluding hydrogens is 616 g/mol. The number of esters is 1.